The maximum atomic E-state index is 12.8. The van der Waals surface area contributed by atoms with Crippen molar-refractivity contribution in [3.05, 3.63) is 39.7 Å². The number of rotatable bonds is 2. The summed E-state index contributed by atoms with van der Waals surface area (Å²) in [4.78, 5) is 20.0. The van der Waals surface area contributed by atoms with Crippen LogP contribution in [0, 0.1) is 15.9 Å². The van der Waals surface area contributed by atoms with Crippen LogP contribution in [0.1, 0.15) is 10.4 Å². The number of nitro groups is 1. The summed E-state index contributed by atoms with van der Waals surface area (Å²) in [6, 6.07) is 3.18. The molecule has 0 aliphatic carbocycles. The molecule has 0 bridgehead atoms. The smallest absolute Gasteiger partial charge is 0.317 e. The second-order valence-electron chi connectivity index (χ2n) is 2.26. The van der Waals surface area contributed by atoms with Gasteiger partial charge in [-0.2, -0.15) is 4.39 Å². The van der Waals surface area contributed by atoms with E-state index in [2.05, 4.69) is 0 Å². The van der Waals surface area contributed by atoms with Gasteiger partial charge in [-0.15, -0.1) is 12.4 Å². The SMILES string of the molecule is Cl.NC(=O)c1cccc(F)c1[N+](=O)[O-]. The summed E-state index contributed by atoms with van der Waals surface area (Å²) in [5.41, 5.74) is 3.51. The minimum atomic E-state index is -1.07. The molecule has 0 aliphatic rings. The number of benzene rings is 1. The fraction of sp³-hybridized carbons (Fsp3) is 0. The molecular formula is C7H6ClFN2O3. The number of halogens is 2. The van der Waals surface area contributed by atoms with Crippen molar-refractivity contribution in [1.82, 2.24) is 0 Å². The molecule has 2 N–H and O–H groups in total. The number of carbonyl (C=O) groups excluding carboxylic acids is 1. The lowest BCUT2D eigenvalue weighted by Crippen LogP contribution is -2.14. The van der Waals surface area contributed by atoms with E-state index in [1.54, 1.807) is 0 Å². The molecular weight excluding hydrogens is 215 g/mol. The second-order valence-corrected chi connectivity index (χ2v) is 2.26. The highest BCUT2D eigenvalue weighted by Crippen LogP contribution is 2.21. The van der Waals surface area contributed by atoms with Gasteiger partial charge in [-0.05, 0) is 12.1 Å². The first-order valence-corrected chi connectivity index (χ1v) is 3.26. The lowest BCUT2D eigenvalue weighted by atomic mass is 10.1. The molecule has 7 heteroatoms. The summed E-state index contributed by atoms with van der Waals surface area (Å²) in [5, 5.41) is 10.3. The minimum Gasteiger partial charge on any atom is -0.365 e. The lowest BCUT2D eigenvalue weighted by Gasteiger charge is -1.98. The van der Waals surface area contributed by atoms with Gasteiger partial charge in [0.2, 0.25) is 5.82 Å². The molecule has 5 nitrogen and oxygen atoms in total. The Hall–Kier alpha value is -1.69. The Morgan fingerprint density at radius 1 is 1.50 bits per heavy atom. The second kappa shape index (κ2) is 4.52. The summed E-state index contributed by atoms with van der Waals surface area (Å²) in [6.45, 7) is 0. The predicted molar refractivity (Wildman–Crippen MR) is 48.8 cm³/mol. The number of nitrogens with zero attached hydrogens (tertiary/aromatic N) is 1. The number of para-hydroxylation sites is 1. The van der Waals surface area contributed by atoms with E-state index in [0.29, 0.717) is 0 Å². The van der Waals surface area contributed by atoms with Gasteiger partial charge in [0.1, 0.15) is 5.56 Å². The van der Waals surface area contributed by atoms with Gasteiger partial charge in [0, 0.05) is 0 Å². The molecule has 0 heterocycles. The van der Waals surface area contributed by atoms with Gasteiger partial charge in [0.25, 0.3) is 5.91 Å². The Morgan fingerprint density at radius 2 is 2.07 bits per heavy atom. The standard InChI is InChI=1S/C7H5FN2O3.ClH/c8-5-3-1-2-4(7(9)11)6(5)10(12)13;/h1-3H,(H2,9,11);1H. The maximum Gasteiger partial charge on any atom is 0.317 e. The molecule has 1 amide bonds. The van der Waals surface area contributed by atoms with E-state index in [4.69, 9.17) is 5.73 Å². The van der Waals surface area contributed by atoms with Crippen molar-refractivity contribution in [3.8, 4) is 0 Å². The summed E-state index contributed by atoms with van der Waals surface area (Å²) in [6.07, 6.45) is 0. The van der Waals surface area contributed by atoms with E-state index in [1.807, 2.05) is 0 Å². The fourth-order valence-corrected chi connectivity index (χ4v) is 0.900. The van der Waals surface area contributed by atoms with Crippen LogP contribution in [0.5, 0.6) is 0 Å². The summed E-state index contributed by atoms with van der Waals surface area (Å²) in [7, 11) is 0. The topological polar surface area (TPSA) is 86.2 Å². The van der Waals surface area contributed by atoms with Crippen LogP contribution < -0.4 is 5.73 Å². The van der Waals surface area contributed by atoms with Crippen LogP contribution in [-0.2, 0) is 0 Å². The first kappa shape index (κ1) is 12.3. The Bertz CT molecular complexity index is 383. The zero-order valence-electron chi connectivity index (χ0n) is 6.77. The highest BCUT2D eigenvalue weighted by atomic mass is 35.5. The van der Waals surface area contributed by atoms with E-state index in [1.165, 1.54) is 6.07 Å². The van der Waals surface area contributed by atoms with Gasteiger partial charge < -0.3 is 5.73 Å². The molecule has 14 heavy (non-hydrogen) atoms. The van der Waals surface area contributed by atoms with E-state index >= 15 is 0 Å². The van der Waals surface area contributed by atoms with Crippen LogP contribution in [0.25, 0.3) is 0 Å². The molecule has 1 rings (SSSR count). The quantitative estimate of drug-likeness (QED) is 0.601. The van der Waals surface area contributed by atoms with Crippen LogP contribution >= 0.6 is 12.4 Å². The van der Waals surface area contributed by atoms with Crippen LogP contribution in [0.3, 0.4) is 0 Å². The molecule has 0 saturated heterocycles. The number of carbonyl (C=O) groups is 1. The van der Waals surface area contributed by atoms with Gasteiger partial charge in [0.15, 0.2) is 0 Å². The zero-order valence-corrected chi connectivity index (χ0v) is 7.58. The number of nitrogens with two attached hydrogens (primary N) is 1. The number of amides is 1. The van der Waals surface area contributed by atoms with Crippen LogP contribution in [0.15, 0.2) is 18.2 Å². The summed E-state index contributed by atoms with van der Waals surface area (Å²) < 4.78 is 12.8. The van der Waals surface area contributed by atoms with Crippen LogP contribution in [0.2, 0.25) is 0 Å². The zero-order chi connectivity index (χ0) is 10.0. The minimum absolute atomic E-state index is 0. The van der Waals surface area contributed by atoms with E-state index < -0.39 is 27.9 Å². The largest absolute Gasteiger partial charge is 0.365 e. The molecule has 0 atom stereocenters. The normalized spacial score (nSPS) is 8.93. The third kappa shape index (κ3) is 2.17. The van der Waals surface area contributed by atoms with Gasteiger partial charge >= 0.3 is 5.69 Å². The Morgan fingerprint density at radius 3 is 2.43 bits per heavy atom. The Kier molecular flexibility index (Phi) is 3.97. The number of hydrogen-bond acceptors (Lipinski definition) is 3. The van der Waals surface area contributed by atoms with E-state index in [-0.39, 0.29) is 12.4 Å². The van der Waals surface area contributed by atoms with Crippen LogP contribution in [0.4, 0.5) is 10.1 Å². The van der Waals surface area contributed by atoms with E-state index in [0.717, 1.165) is 12.1 Å². The average Bonchev–Trinajstić information content (AvgIpc) is 2.02. The fourth-order valence-electron chi connectivity index (χ4n) is 0.900. The van der Waals surface area contributed by atoms with E-state index in [9.17, 15) is 19.3 Å². The number of nitro benzene ring substituents is 1. The highest BCUT2D eigenvalue weighted by molar-refractivity contribution is 5.96. The van der Waals surface area contributed by atoms with Crippen molar-refractivity contribution in [2.24, 2.45) is 5.73 Å². The molecule has 0 unspecified atom stereocenters. The third-order valence-electron chi connectivity index (χ3n) is 1.43. The van der Waals surface area contributed by atoms with Crippen molar-refractivity contribution < 1.29 is 14.1 Å². The molecule has 1 aromatic carbocycles. The molecule has 0 spiro atoms. The molecule has 0 radical (unpaired) electrons. The Balaban J connectivity index is 0.00000169. The lowest BCUT2D eigenvalue weighted by molar-refractivity contribution is -0.387. The molecule has 1 aromatic rings. The summed E-state index contributed by atoms with van der Waals surface area (Å²) in [5.74, 6) is -2.09. The Labute approximate surface area is 84.3 Å². The van der Waals surface area contributed by atoms with Crippen molar-refractivity contribution in [3.63, 3.8) is 0 Å². The average molecular weight is 221 g/mol. The molecule has 76 valence electrons. The number of primary amides is 1. The number of hydrogen-bond donors (Lipinski definition) is 1. The summed E-state index contributed by atoms with van der Waals surface area (Å²) >= 11 is 0. The third-order valence-corrected chi connectivity index (χ3v) is 1.43. The van der Waals surface area contributed by atoms with Gasteiger partial charge in [0.05, 0.1) is 4.92 Å². The predicted octanol–water partition coefficient (Wildman–Crippen LogP) is 1.25. The van der Waals surface area contributed by atoms with Gasteiger partial charge in [-0.3, -0.25) is 14.9 Å². The van der Waals surface area contributed by atoms with Crippen molar-refractivity contribution in [2.75, 3.05) is 0 Å². The van der Waals surface area contributed by atoms with Gasteiger partial charge in [-0.25, -0.2) is 0 Å². The molecule has 0 saturated carbocycles. The van der Waals surface area contributed by atoms with Gasteiger partial charge in [-0.1, -0.05) is 6.07 Å². The maximum absolute atomic E-state index is 12.8. The molecule has 0 aliphatic heterocycles. The van der Waals surface area contributed by atoms with Crippen molar-refractivity contribution in [2.45, 2.75) is 0 Å². The van der Waals surface area contributed by atoms with Crippen molar-refractivity contribution >= 4 is 24.0 Å². The molecule has 0 aromatic heterocycles. The monoisotopic (exact) mass is 220 g/mol. The first-order valence-electron chi connectivity index (χ1n) is 3.26. The molecule has 0 fully saturated rings. The first-order chi connectivity index (χ1) is 6.04. The highest BCUT2D eigenvalue weighted by Gasteiger charge is 2.22. The van der Waals surface area contributed by atoms with Crippen molar-refractivity contribution in [1.29, 1.82) is 0 Å². The van der Waals surface area contributed by atoms with Crippen LogP contribution in [-0.4, -0.2) is 10.8 Å².